The van der Waals surface area contributed by atoms with Gasteiger partial charge in [0.25, 0.3) is 0 Å². The van der Waals surface area contributed by atoms with Crippen LogP contribution in [0.25, 0.3) is 0 Å². The molecule has 2 rings (SSSR count). The summed E-state index contributed by atoms with van der Waals surface area (Å²) in [6, 6.07) is 4.84. The maximum atomic E-state index is 12.3. The van der Waals surface area contributed by atoms with Gasteiger partial charge in [-0.3, -0.25) is 0 Å². The van der Waals surface area contributed by atoms with Gasteiger partial charge in [0, 0.05) is 12.1 Å². The van der Waals surface area contributed by atoms with Crippen LogP contribution < -0.4 is 10.5 Å². The molecule has 0 unspecified atom stereocenters. The lowest BCUT2D eigenvalue weighted by molar-refractivity contribution is 0.476. The molecule has 0 saturated carbocycles. The number of thiocarbonyl (C=S) groups is 1. The van der Waals surface area contributed by atoms with Crippen molar-refractivity contribution < 1.29 is 8.42 Å². The summed E-state index contributed by atoms with van der Waals surface area (Å²) in [6.07, 6.45) is 2.15. The predicted molar refractivity (Wildman–Crippen MR) is 92.3 cm³/mol. The Morgan fingerprint density at radius 1 is 1.43 bits per heavy atom. The normalized spacial score (nSPS) is 16.8. The molecule has 7 heteroatoms. The summed E-state index contributed by atoms with van der Waals surface area (Å²) in [5.41, 5.74) is 7.09. The number of rotatable bonds is 5. The van der Waals surface area contributed by atoms with Crippen LogP contribution in [-0.4, -0.2) is 31.5 Å². The van der Waals surface area contributed by atoms with Crippen LogP contribution in [-0.2, 0) is 10.0 Å². The van der Waals surface area contributed by atoms with Gasteiger partial charge in [0.2, 0.25) is 10.0 Å². The van der Waals surface area contributed by atoms with Gasteiger partial charge in [-0.2, -0.15) is 11.8 Å². The van der Waals surface area contributed by atoms with E-state index < -0.39 is 10.0 Å². The lowest BCUT2D eigenvalue weighted by Crippen LogP contribution is -2.31. The molecule has 1 fully saturated rings. The monoisotopic (exact) mass is 344 g/mol. The Balaban J connectivity index is 2.08. The molecule has 116 valence electrons. The zero-order chi connectivity index (χ0) is 15.5. The molecular formula is C14H20N2O2S3. The van der Waals surface area contributed by atoms with E-state index in [1.54, 1.807) is 18.2 Å². The minimum atomic E-state index is -3.47. The molecule has 1 aromatic rings. The predicted octanol–water partition coefficient (Wildman–Crippen LogP) is 2.05. The van der Waals surface area contributed by atoms with Gasteiger partial charge in [-0.25, -0.2) is 13.1 Å². The van der Waals surface area contributed by atoms with Crippen LogP contribution >= 0.6 is 24.0 Å². The van der Waals surface area contributed by atoms with Crippen molar-refractivity contribution in [1.82, 2.24) is 4.72 Å². The van der Waals surface area contributed by atoms with E-state index in [9.17, 15) is 8.42 Å². The summed E-state index contributed by atoms with van der Waals surface area (Å²) < 4.78 is 27.4. The van der Waals surface area contributed by atoms with Crippen LogP contribution in [0.5, 0.6) is 0 Å². The molecule has 1 heterocycles. The van der Waals surface area contributed by atoms with Gasteiger partial charge in [-0.05, 0) is 54.9 Å². The molecule has 0 aliphatic carbocycles. The van der Waals surface area contributed by atoms with E-state index in [2.05, 4.69) is 4.72 Å². The number of nitrogens with one attached hydrogen (secondary N) is 1. The fraction of sp³-hybridized carbons (Fsp3) is 0.500. The molecule has 1 aromatic carbocycles. The van der Waals surface area contributed by atoms with Crippen molar-refractivity contribution in [3.63, 3.8) is 0 Å². The van der Waals surface area contributed by atoms with E-state index in [1.807, 2.05) is 18.7 Å². The van der Waals surface area contributed by atoms with Crippen molar-refractivity contribution in [2.45, 2.75) is 24.7 Å². The van der Waals surface area contributed by atoms with Crippen LogP contribution in [0.1, 0.15) is 24.0 Å². The van der Waals surface area contributed by atoms with Crippen LogP contribution in [0.15, 0.2) is 23.1 Å². The Kier molecular flexibility index (Phi) is 5.65. The number of aryl methyl sites for hydroxylation is 1. The van der Waals surface area contributed by atoms with Crippen molar-refractivity contribution in [1.29, 1.82) is 0 Å². The molecule has 0 radical (unpaired) electrons. The number of nitrogens with two attached hydrogens (primary N) is 1. The number of hydrogen-bond acceptors (Lipinski definition) is 4. The van der Waals surface area contributed by atoms with Crippen LogP contribution in [0.3, 0.4) is 0 Å². The zero-order valence-corrected chi connectivity index (χ0v) is 14.4. The molecule has 0 atom stereocenters. The molecule has 4 nitrogen and oxygen atoms in total. The van der Waals surface area contributed by atoms with E-state index in [-0.39, 0.29) is 9.88 Å². The largest absolute Gasteiger partial charge is 0.389 e. The van der Waals surface area contributed by atoms with E-state index >= 15 is 0 Å². The molecule has 1 saturated heterocycles. The third-order valence-corrected chi connectivity index (χ3v) is 6.37. The fourth-order valence-electron chi connectivity index (χ4n) is 2.34. The molecule has 0 spiro atoms. The van der Waals surface area contributed by atoms with E-state index in [1.165, 1.54) is 0 Å². The van der Waals surface area contributed by atoms with E-state index in [0.717, 1.165) is 29.9 Å². The highest BCUT2D eigenvalue weighted by Gasteiger charge is 2.19. The SMILES string of the molecule is Cc1cc(S(=O)(=O)NCC2CCSCC2)ccc1C(N)=S. The first-order chi connectivity index (χ1) is 9.90. The first kappa shape index (κ1) is 16.7. The maximum absolute atomic E-state index is 12.3. The van der Waals surface area contributed by atoms with Crippen molar-refractivity contribution in [3.05, 3.63) is 29.3 Å². The third-order valence-electron chi connectivity index (χ3n) is 3.68. The van der Waals surface area contributed by atoms with E-state index in [4.69, 9.17) is 18.0 Å². The van der Waals surface area contributed by atoms with Gasteiger partial charge in [-0.15, -0.1) is 0 Å². The Hall–Kier alpha value is -0.630. The minimum absolute atomic E-state index is 0.269. The zero-order valence-electron chi connectivity index (χ0n) is 12.0. The average Bonchev–Trinajstić information content (AvgIpc) is 2.46. The van der Waals surface area contributed by atoms with Crippen molar-refractivity contribution in [2.24, 2.45) is 11.7 Å². The first-order valence-corrected chi connectivity index (χ1v) is 9.92. The molecule has 1 aliphatic rings. The smallest absolute Gasteiger partial charge is 0.240 e. The summed E-state index contributed by atoms with van der Waals surface area (Å²) in [4.78, 5) is 0.550. The average molecular weight is 345 g/mol. The number of benzene rings is 1. The molecule has 1 aliphatic heterocycles. The van der Waals surface area contributed by atoms with Gasteiger partial charge in [0.05, 0.1) is 4.90 Å². The number of sulfonamides is 1. The van der Waals surface area contributed by atoms with Crippen molar-refractivity contribution >= 4 is 39.0 Å². The standard InChI is InChI=1S/C14H20N2O2S3/c1-10-8-12(2-3-13(10)14(15)19)21(17,18)16-9-11-4-6-20-7-5-11/h2-3,8,11,16H,4-7,9H2,1H3,(H2,15,19). The second-order valence-electron chi connectivity index (χ2n) is 5.25. The summed E-state index contributed by atoms with van der Waals surface area (Å²) >= 11 is 6.87. The topological polar surface area (TPSA) is 72.2 Å². The minimum Gasteiger partial charge on any atom is -0.389 e. The summed E-state index contributed by atoms with van der Waals surface area (Å²) in [5.74, 6) is 2.68. The lowest BCUT2D eigenvalue weighted by Gasteiger charge is -2.21. The van der Waals surface area contributed by atoms with Crippen LogP contribution in [0.4, 0.5) is 0 Å². The molecular weight excluding hydrogens is 324 g/mol. The molecule has 3 N–H and O–H groups in total. The number of thioether (sulfide) groups is 1. The van der Waals surface area contributed by atoms with Crippen molar-refractivity contribution in [3.8, 4) is 0 Å². The summed E-state index contributed by atoms with van der Waals surface area (Å²) in [6.45, 7) is 2.32. The Labute approximate surface area is 135 Å². The third kappa shape index (κ3) is 4.42. The van der Waals surface area contributed by atoms with Gasteiger partial charge in [0.1, 0.15) is 4.99 Å². The summed E-state index contributed by atoms with van der Waals surface area (Å²) in [7, 11) is -3.47. The van der Waals surface area contributed by atoms with Gasteiger partial charge < -0.3 is 5.73 Å². The fourth-order valence-corrected chi connectivity index (χ4v) is 4.98. The summed E-state index contributed by atoms with van der Waals surface area (Å²) in [5, 5.41) is 0. The Morgan fingerprint density at radius 2 is 2.10 bits per heavy atom. The first-order valence-electron chi connectivity index (χ1n) is 6.88. The van der Waals surface area contributed by atoms with Crippen LogP contribution in [0.2, 0.25) is 0 Å². The highest BCUT2D eigenvalue weighted by molar-refractivity contribution is 7.99. The van der Waals surface area contributed by atoms with Gasteiger partial charge in [-0.1, -0.05) is 18.3 Å². The van der Waals surface area contributed by atoms with E-state index in [0.29, 0.717) is 18.0 Å². The van der Waals surface area contributed by atoms with Gasteiger partial charge in [0.15, 0.2) is 0 Å². The second-order valence-corrected chi connectivity index (χ2v) is 8.68. The highest BCUT2D eigenvalue weighted by atomic mass is 32.2. The van der Waals surface area contributed by atoms with Crippen molar-refractivity contribution in [2.75, 3.05) is 18.1 Å². The Bertz CT molecular complexity index is 623. The molecule has 21 heavy (non-hydrogen) atoms. The van der Waals surface area contributed by atoms with Crippen LogP contribution in [0, 0.1) is 12.8 Å². The maximum Gasteiger partial charge on any atom is 0.240 e. The quantitative estimate of drug-likeness (QED) is 0.800. The second kappa shape index (κ2) is 7.09. The lowest BCUT2D eigenvalue weighted by atomic mass is 10.0. The Morgan fingerprint density at radius 3 is 2.67 bits per heavy atom. The molecule has 0 bridgehead atoms. The molecule has 0 amide bonds. The molecule has 0 aromatic heterocycles. The number of hydrogen-bond donors (Lipinski definition) is 2. The highest BCUT2D eigenvalue weighted by Crippen LogP contribution is 2.22. The van der Waals surface area contributed by atoms with Gasteiger partial charge >= 0.3 is 0 Å².